The van der Waals surface area contributed by atoms with Crippen molar-refractivity contribution in [1.29, 1.82) is 0 Å². The Bertz CT molecular complexity index is 461. The first-order valence-corrected chi connectivity index (χ1v) is 6.43. The molecule has 0 atom stereocenters. The molecule has 98 valence electrons. The molecule has 2 amide bonds. The Morgan fingerprint density at radius 3 is 2.56 bits per heavy atom. The molecule has 18 heavy (non-hydrogen) atoms. The van der Waals surface area contributed by atoms with E-state index in [2.05, 4.69) is 5.32 Å². The Morgan fingerprint density at radius 2 is 2.06 bits per heavy atom. The molecule has 1 rings (SSSR count). The number of nitrogens with zero attached hydrogens (tertiary/aromatic N) is 1. The van der Waals surface area contributed by atoms with E-state index < -0.39 is 0 Å². The van der Waals surface area contributed by atoms with E-state index in [0.29, 0.717) is 29.4 Å². The van der Waals surface area contributed by atoms with Gasteiger partial charge in [0.1, 0.15) is 4.99 Å². The quantitative estimate of drug-likeness (QED) is 0.837. The Morgan fingerprint density at radius 1 is 1.44 bits per heavy atom. The van der Waals surface area contributed by atoms with Crippen LogP contribution in [-0.4, -0.2) is 29.0 Å². The van der Waals surface area contributed by atoms with Crippen LogP contribution >= 0.6 is 23.8 Å². The average Bonchev–Trinajstić information content (AvgIpc) is 2.30. The van der Waals surface area contributed by atoms with E-state index in [0.717, 1.165) is 0 Å². The number of rotatable bonds is 4. The highest BCUT2D eigenvalue weighted by Crippen LogP contribution is 2.21. The van der Waals surface area contributed by atoms with Crippen molar-refractivity contribution in [2.24, 2.45) is 5.73 Å². The molecule has 6 heteroatoms. The summed E-state index contributed by atoms with van der Waals surface area (Å²) >= 11 is 10.8. The van der Waals surface area contributed by atoms with Gasteiger partial charge in [-0.2, -0.15) is 0 Å². The van der Waals surface area contributed by atoms with Gasteiger partial charge < -0.3 is 16.0 Å². The lowest BCUT2D eigenvalue weighted by molar-refractivity contribution is 0.217. The molecule has 1 aromatic rings. The van der Waals surface area contributed by atoms with Crippen LogP contribution in [0.15, 0.2) is 18.2 Å². The largest absolute Gasteiger partial charge is 0.389 e. The molecular weight excluding hydrogens is 270 g/mol. The van der Waals surface area contributed by atoms with Gasteiger partial charge in [-0.15, -0.1) is 0 Å². The van der Waals surface area contributed by atoms with E-state index >= 15 is 0 Å². The van der Waals surface area contributed by atoms with Crippen molar-refractivity contribution in [3.63, 3.8) is 0 Å². The van der Waals surface area contributed by atoms with E-state index in [4.69, 9.17) is 29.6 Å². The number of halogens is 1. The lowest BCUT2D eigenvalue weighted by Gasteiger charge is -2.20. The van der Waals surface area contributed by atoms with Crippen LogP contribution in [0.1, 0.15) is 19.4 Å². The van der Waals surface area contributed by atoms with Crippen LogP contribution in [0.3, 0.4) is 0 Å². The number of carbonyl (C=O) groups excluding carboxylic acids is 1. The first kappa shape index (κ1) is 14.7. The van der Waals surface area contributed by atoms with Crippen molar-refractivity contribution >= 4 is 40.5 Å². The van der Waals surface area contributed by atoms with Gasteiger partial charge in [0.15, 0.2) is 0 Å². The fourth-order valence-electron chi connectivity index (χ4n) is 1.54. The van der Waals surface area contributed by atoms with Gasteiger partial charge in [-0.25, -0.2) is 4.79 Å². The van der Waals surface area contributed by atoms with Gasteiger partial charge in [-0.1, -0.05) is 23.8 Å². The van der Waals surface area contributed by atoms with Crippen molar-refractivity contribution in [2.45, 2.75) is 13.8 Å². The van der Waals surface area contributed by atoms with Gasteiger partial charge in [0, 0.05) is 23.7 Å². The minimum atomic E-state index is -0.195. The first-order chi connectivity index (χ1) is 8.49. The Labute approximate surface area is 117 Å². The molecule has 0 radical (unpaired) electrons. The minimum Gasteiger partial charge on any atom is -0.389 e. The summed E-state index contributed by atoms with van der Waals surface area (Å²) in [6, 6.07) is 4.82. The molecule has 0 saturated carbocycles. The number of hydrogen-bond donors (Lipinski definition) is 2. The zero-order valence-electron chi connectivity index (χ0n) is 10.4. The monoisotopic (exact) mass is 285 g/mol. The normalized spacial score (nSPS) is 9.94. The second-order valence-corrected chi connectivity index (χ2v) is 4.53. The van der Waals surface area contributed by atoms with Crippen LogP contribution in [0.5, 0.6) is 0 Å². The van der Waals surface area contributed by atoms with Crippen molar-refractivity contribution in [2.75, 3.05) is 18.4 Å². The number of anilines is 1. The second-order valence-electron chi connectivity index (χ2n) is 3.66. The van der Waals surface area contributed by atoms with Crippen LogP contribution < -0.4 is 11.1 Å². The van der Waals surface area contributed by atoms with Crippen molar-refractivity contribution in [3.8, 4) is 0 Å². The van der Waals surface area contributed by atoms with Gasteiger partial charge >= 0.3 is 6.03 Å². The van der Waals surface area contributed by atoms with Crippen LogP contribution in [0.2, 0.25) is 5.02 Å². The number of nitrogens with two attached hydrogens (primary N) is 1. The van der Waals surface area contributed by atoms with Crippen LogP contribution in [0, 0.1) is 0 Å². The molecule has 0 spiro atoms. The third kappa shape index (κ3) is 3.58. The molecule has 0 aromatic heterocycles. The SMILES string of the molecule is CCN(CC)C(=O)Nc1cc(Cl)ccc1C(N)=S. The molecule has 3 N–H and O–H groups in total. The lowest BCUT2D eigenvalue weighted by atomic mass is 10.2. The van der Waals surface area contributed by atoms with Crippen LogP contribution in [0.25, 0.3) is 0 Å². The standard InChI is InChI=1S/C12H16ClN3OS/c1-3-16(4-2)12(17)15-10-7-8(13)5-6-9(10)11(14)18/h5-7H,3-4H2,1-2H3,(H2,14,18)(H,15,17). The maximum atomic E-state index is 11.9. The average molecular weight is 286 g/mol. The van der Waals surface area contributed by atoms with Gasteiger partial charge in [-0.3, -0.25) is 0 Å². The van der Waals surface area contributed by atoms with Crippen molar-refractivity contribution in [3.05, 3.63) is 28.8 Å². The van der Waals surface area contributed by atoms with Gasteiger partial charge in [0.25, 0.3) is 0 Å². The number of hydrogen-bond acceptors (Lipinski definition) is 2. The highest BCUT2D eigenvalue weighted by atomic mass is 35.5. The molecule has 0 aliphatic rings. The van der Waals surface area contributed by atoms with Crippen LogP contribution in [0.4, 0.5) is 10.5 Å². The molecule has 0 aliphatic heterocycles. The number of carbonyl (C=O) groups is 1. The molecule has 0 unspecified atom stereocenters. The third-order valence-corrected chi connectivity index (χ3v) is 2.99. The topological polar surface area (TPSA) is 58.4 Å². The highest BCUT2D eigenvalue weighted by molar-refractivity contribution is 7.80. The van der Waals surface area contributed by atoms with Crippen molar-refractivity contribution in [1.82, 2.24) is 4.90 Å². The molecule has 4 nitrogen and oxygen atoms in total. The summed E-state index contributed by atoms with van der Waals surface area (Å²) in [6.45, 7) is 5.08. The first-order valence-electron chi connectivity index (χ1n) is 5.64. The molecular formula is C12H16ClN3OS. The fraction of sp³-hybridized carbons (Fsp3) is 0.333. The van der Waals surface area contributed by atoms with E-state index in [1.807, 2.05) is 13.8 Å². The number of thiocarbonyl (C=S) groups is 1. The number of urea groups is 1. The molecule has 0 bridgehead atoms. The fourth-order valence-corrected chi connectivity index (χ4v) is 1.89. The van der Waals surface area contributed by atoms with Crippen LogP contribution in [-0.2, 0) is 0 Å². The summed E-state index contributed by atoms with van der Waals surface area (Å²) in [5, 5.41) is 3.29. The smallest absolute Gasteiger partial charge is 0.321 e. The molecule has 0 saturated heterocycles. The Kier molecular flexibility index (Phi) is 5.37. The maximum Gasteiger partial charge on any atom is 0.321 e. The third-order valence-electron chi connectivity index (χ3n) is 2.54. The molecule has 0 heterocycles. The van der Waals surface area contributed by atoms with Gasteiger partial charge in [0.05, 0.1) is 5.69 Å². The zero-order valence-corrected chi connectivity index (χ0v) is 11.9. The van der Waals surface area contributed by atoms with E-state index in [9.17, 15) is 4.79 Å². The lowest BCUT2D eigenvalue weighted by Crippen LogP contribution is -2.35. The summed E-state index contributed by atoms with van der Waals surface area (Å²) in [5.74, 6) is 0. The predicted octanol–water partition coefficient (Wildman–Crippen LogP) is 2.85. The number of benzene rings is 1. The minimum absolute atomic E-state index is 0.195. The summed E-state index contributed by atoms with van der Waals surface area (Å²) in [5.41, 5.74) is 6.75. The van der Waals surface area contributed by atoms with E-state index in [1.54, 1.807) is 23.1 Å². The molecule has 0 aliphatic carbocycles. The second kappa shape index (κ2) is 6.56. The number of amides is 2. The highest BCUT2D eigenvalue weighted by Gasteiger charge is 2.13. The molecule has 0 fully saturated rings. The van der Waals surface area contributed by atoms with Gasteiger partial charge in [0.2, 0.25) is 0 Å². The Hall–Kier alpha value is -1.33. The van der Waals surface area contributed by atoms with Crippen molar-refractivity contribution < 1.29 is 4.79 Å². The summed E-state index contributed by atoms with van der Waals surface area (Å²) in [6.07, 6.45) is 0. The number of nitrogens with one attached hydrogen (secondary N) is 1. The Balaban J connectivity index is 2.99. The van der Waals surface area contributed by atoms with E-state index in [-0.39, 0.29) is 11.0 Å². The zero-order chi connectivity index (χ0) is 13.7. The van der Waals surface area contributed by atoms with Gasteiger partial charge in [-0.05, 0) is 32.0 Å². The molecule has 1 aromatic carbocycles. The summed E-state index contributed by atoms with van der Waals surface area (Å²) < 4.78 is 0. The maximum absolute atomic E-state index is 11.9. The summed E-state index contributed by atoms with van der Waals surface area (Å²) in [4.78, 5) is 13.8. The summed E-state index contributed by atoms with van der Waals surface area (Å²) in [7, 11) is 0. The van der Waals surface area contributed by atoms with E-state index in [1.165, 1.54) is 0 Å². The predicted molar refractivity (Wildman–Crippen MR) is 79.3 cm³/mol.